The lowest BCUT2D eigenvalue weighted by molar-refractivity contribution is 0.0954. The van der Waals surface area contributed by atoms with Gasteiger partial charge in [-0.1, -0.05) is 11.6 Å². The number of nitrogens with zero attached hydrogens (tertiary/aromatic N) is 3. The van der Waals surface area contributed by atoms with Gasteiger partial charge in [-0.05, 0) is 18.2 Å². The van der Waals surface area contributed by atoms with Gasteiger partial charge in [0.05, 0.1) is 16.3 Å². The lowest BCUT2D eigenvalue weighted by atomic mass is 10.2. The summed E-state index contributed by atoms with van der Waals surface area (Å²) >= 11 is 5.94. The van der Waals surface area contributed by atoms with E-state index in [0.717, 1.165) is 5.69 Å². The normalized spacial score (nSPS) is 10.1. The van der Waals surface area contributed by atoms with Crippen molar-refractivity contribution in [2.24, 2.45) is 5.84 Å². The minimum absolute atomic E-state index is 0.302. The van der Waals surface area contributed by atoms with Gasteiger partial charge >= 0.3 is 0 Å². The molecule has 0 aliphatic heterocycles. The van der Waals surface area contributed by atoms with Crippen molar-refractivity contribution >= 4 is 17.5 Å². The maximum absolute atomic E-state index is 11.3. The largest absolute Gasteiger partial charge is 0.290 e. The van der Waals surface area contributed by atoms with Gasteiger partial charge in [0.25, 0.3) is 5.91 Å². The molecule has 0 aliphatic carbocycles. The zero-order chi connectivity index (χ0) is 11.5. The number of nitrogens with two attached hydrogens (primary N) is 1. The number of aromatic nitrogens is 3. The molecule has 1 aromatic carbocycles. The van der Waals surface area contributed by atoms with Crippen LogP contribution in [0.2, 0.25) is 5.02 Å². The Balaban J connectivity index is 2.41. The number of amides is 1. The van der Waals surface area contributed by atoms with Crippen LogP contribution in [0.3, 0.4) is 0 Å². The second kappa shape index (κ2) is 4.30. The molecule has 0 saturated heterocycles. The van der Waals surface area contributed by atoms with Gasteiger partial charge in [-0.15, -0.1) is 0 Å². The quantitative estimate of drug-likeness (QED) is 0.453. The van der Waals surface area contributed by atoms with E-state index in [4.69, 9.17) is 17.4 Å². The number of hydrogen-bond donors (Lipinski definition) is 2. The Morgan fingerprint density at radius 2 is 2.31 bits per heavy atom. The summed E-state index contributed by atoms with van der Waals surface area (Å²) in [6.07, 6.45) is 2.95. The molecule has 2 rings (SSSR count). The molecule has 0 atom stereocenters. The zero-order valence-corrected chi connectivity index (χ0v) is 8.85. The van der Waals surface area contributed by atoms with E-state index in [-0.39, 0.29) is 0 Å². The molecular weight excluding hydrogens is 230 g/mol. The van der Waals surface area contributed by atoms with Crippen molar-refractivity contribution in [3.8, 4) is 5.69 Å². The third kappa shape index (κ3) is 1.88. The minimum atomic E-state index is -0.435. The van der Waals surface area contributed by atoms with Crippen molar-refractivity contribution in [3.05, 3.63) is 41.4 Å². The van der Waals surface area contributed by atoms with Crippen LogP contribution < -0.4 is 11.3 Å². The number of nitrogen functional groups attached to an aromatic ring is 1. The number of rotatable bonds is 2. The standard InChI is InChI=1S/C9H8ClN5O/c10-8-3-6(15-5-12-4-13-15)1-2-7(8)9(16)14-11/h1-5H,11H2,(H,14,16). The van der Waals surface area contributed by atoms with E-state index in [9.17, 15) is 4.79 Å². The maximum atomic E-state index is 11.3. The van der Waals surface area contributed by atoms with Crippen LogP contribution in [0.5, 0.6) is 0 Å². The molecule has 0 bridgehead atoms. The Morgan fingerprint density at radius 3 is 2.88 bits per heavy atom. The molecule has 1 heterocycles. The number of benzene rings is 1. The van der Waals surface area contributed by atoms with Gasteiger partial charge in [-0.3, -0.25) is 10.2 Å². The average molecular weight is 238 g/mol. The number of carbonyl (C=O) groups excluding carboxylic acids is 1. The molecule has 3 N–H and O–H groups in total. The Labute approximate surface area is 96.0 Å². The van der Waals surface area contributed by atoms with Crippen LogP contribution >= 0.6 is 11.6 Å². The van der Waals surface area contributed by atoms with Gasteiger partial charge in [0.15, 0.2) is 0 Å². The van der Waals surface area contributed by atoms with Crippen LogP contribution in [0.15, 0.2) is 30.9 Å². The summed E-state index contributed by atoms with van der Waals surface area (Å²) in [5, 5.41) is 4.25. The van der Waals surface area contributed by atoms with Crippen LogP contribution in [0.4, 0.5) is 0 Å². The van der Waals surface area contributed by atoms with Crippen molar-refractivity contribution in [3.63, 3.8) is 0 Å². The summed E-state index contributed by atoms with van der Waals surface area (Å²) in [5.41, 5.74) is 3.05. The van der Waals surface area contributed by atoms with Crippen molar-refractivity contribution in [1.82, 2.24) is 20.2 Å². The zero-order valence-electron chi connectivity index (χ0n) is 8.09. The Morgan fingerprint density at radius 1 is 1.50 bits per heavy atom. The Bertz CT molecular complexity index is 511. The van der Waals surface area contributed by atoms with Crippen molar-refractivity contribution in [2.45, 2.75) is 0 Å². The first-order valence-electron chi connectivity index (χ1n) is 4.38. The van der Waals surface area contributed by atoms with Crippen LogP contribution in [0.25, 0.3) is 5.69 Å². The number of nitrogens with one attached hydrogen (secondary N) is 1. The molecule has 0 aliphatic rings. The van der Waals surface area contributed by atoms with Gasteiger partial charge in [-0.2, -0.15) is 5.10 Å². The molecular formula is C9H8ClN5O. The van der Waals surface area contributed by atoms with E-state index in [0.29, 0.717) is 10.6 Å². The van der Waals surface area contributed by atoms with Crippen LogP contribution in [0, 0.1) is 0 Å². The molecule has 0 saturated carbocycles. The third-order valence-corrected chi connectivity index (χ3v) is 2.32. The Hall–Kier alpha value is -1.92. The summed E-state index contributed by atoms with van der Waals surface area (Å²) in [6, 6.07) is 4.88. The third-order valence-electron chi connectivity index (χ3n) is 2.01. The first kappa shape index (κ1) is 10.6. The van der Waals surface area contributed by atoms with Crippen molar-refractivity contribution < 1.29 is 4.79 Å². The molecule has 0 spiro atoms. The van der Waals surface area contributed by atoms with E-state index in [2.05, 4.69) is 10.1 Å². The highest BCUT2D eigenvalue weighted by Crippen LogP contribution is 2.19. The fourth-order valence-corrected chi connectivity index (χ4v) is 1.51. The number of carbonyl (C=O) groups is 1. The van der Waals surface area contributed by atoms with E-state index in [1.165, 1.54) is 17.3 Å². The monoisotopic (exact) mass is 237 g/mol. The number of hydrogen-bond acceptors (Lipinski definition) is 4. The first-order valence-corrected chi connectivity index (χ1v) is 4.75. The SMILES string of the molecule is NNC(=O)c1ccc(-n2cncn2)cc1Cl. The van der Waals surface area contributed by atoms with E-state index < -0.39 is 5.91 Å². The molecule has 0 fully saturated rings. The lowest BCUT2D eigenvalue weighted by Crippen LogP contribution is -2.30. The van der Waals surface area contributed by atoms with E-state index in [1.54, 1.807) is 18.2 Å². The molecule has 82 valence electrons. The second-order valence-corrected chi connectivity index (χ2v) is 3.38. The van der Waals surface area contributed by atoms with Crippen molar-refractivity contribution in [2.75, 3.05) is 0 Å². The van der Waals surface area contributed by atoms with E-state index in [1.807, 2.05) is 5.43 Å². The summed E-state index contributed by atoms with van der Waals surface area (Å²) in [6.45, 7) is 0. The van der Waals surface area contributed by atoms with Crippen LogP contribution in [-0.4, -0.2) is 20.7 Å². The van der Waals surface area contributed by atoms with E-state index >= 15 is 0 Å². The molecule has 6 nitrogen and oxygen atoms in total. The molecule has 7 heteroatoms. The Kier molecular flexibility index (Phi) is 2.84. The van der Waals surface area contributed by atoms with Crippen LogP contribution in [-0.2, 0) is 0 Å². The van der Waals surface area contributed by atoms with Gasteiger partial charge in [-0.25, -0.2) is 15.5 Å². The molecule has 0 radical (unpaired) electrons. The second-order valence-electron chi connectivity index (χ2n) is 2.98. The summed E-state index contributed by atoms with van der Waals surface area (Å²) in [5.74, 6) is 4.58. The predicted molar refractivity (Wildman–Crippen MR) is 58.0 cm³/mol. The maximum Gasteiger partial charge on any atom is 0.266 e. The summed E-state index contributed by atoms with van der Waals surface area (Å²) in [4.78, 5) is 15.1. The first-order chi connectivity index (χ1) is 7.72. The highest BCUT2D eigenvalue weighted by atomic mass is 35.5. The van der Waals surface area contributed by atoms with Crippen LogP contribution in [0.1, 0.15) is 10.4 Å². The highest BCUT2D eigenvalue weighted by Gasteiger charge is 2.09. The average Bonchev–Trinajstić information content (AvgIpc) is 2.81. The smallest absolute Gasteiger partial charge is 0.266 e. The van der Waals surface area contributed by atoms with Gasteiger partial charge in [0.2, 0.25) is 0 Å². The van der Waals surface area contributed by atoms with Gasteiger partial charge in [0.1, 0.15) is 12.7 Å². The minimum Gasteiger partial charge on any atom is -0.290 e. The van der Waals surface area contributed by atoms with Crippen molar-refractivity contribution in [1.29, 1.82) is 0 Å². The predicted octanol–water partition coefficient (Wildman–Crippen LogP) is 0.524. The highest BCUT2D eigenvalue weighted by molar-refractivity contribution is 6.34. The summed E-state index contributed by atoms with van der Waals surface area (Å²) in [7, 11) is 0. The fraction of sp³-hybridized carbons (Fsp3) is 0. The lowest BCUT2D eigenvalue weighted by Gasteiger charge is -2.05. The fourth-order valence-electron chi connectivity index (χ4n) is 1.25. The molecule has 16 heavy (non-hydrogen) atoms. The molecule has 0 unspecified atom stereocenters. The molecule has 1 amide bonds. The molecule has 1 aromatic heterocycles. The number of halogens is 1. The molecule has 2 aromatic rings. The van der Waals surface area contributed by atoms with Gasteiger partial charge in [0, 0.05) is 0 Å². The topological polar surface area (TPSA) is 85.8 Å². The number of hydrazine groups is 1. The summed E-state index contributed by atoms with van der Waals surface area (Å²) < 4.78 is 1.54. The van der Waals surface area contributed by atoms with Gasteiger partial charge < -0.3 is 0 Å².